The number of carbonyl (C=O) groups excluding carboxylic acids is 2. The first kappa shape index (κ1) is 21.1. The van der Waals surface area contributed by atoms with E-state index in [0.29, 0.717) is 51.1 Å². The number of methoxy groups -OCH3 is 1. The second kappa shape index (κ2) is 9.28. The molecule has 0 radical (unpaired) electrons. The van der Waals surface area contributed by atoms with Gasteiger partial charge < -0.3 is 19.8 Å². The number of esters is 2. The molecule has 10 heteroatoms. The smallest absolute Gasteiger partial charge is 0.338 e. The molecule has 0 fully saturated rings. The van der Waals surface area contributed by atoms with Crippen molar-refractivity contribution in [3.05, 3.63) is 41.2 Å². The van der Waals surface area contributed by atoms with Crippen molar-refractivity contribution in [1.82, 2.24) is 15.0 Å². The van der Waals surface area contributed by atoms with Gasteiger partial charge in [0.05, 0.1) is 41.0 Å². The molecule has 3 rings (SSSR count). The Balaban J connectivity index is 1.95. The van der Waals surface area contributed by atoms with E-state index < -0.39 is 11.9 Å². The number of anilines is 2. The molecule has 2 heterocycles. The first-order valence-corrected chi connectivity index (χ1v) is 9.99. The molecular formula is C20H19N5O4S. The first-order valence-electron chi connectivity index (χ1n) is 9.01. The fraction of sp³-hybridized carbons (Fsp3) is 0.250. The molecule has 0 atom stereocenters. The van der Waals surface area contributed by atoms with Gasteiger partial charge >= 0.3 is 11.9 Å². The molecule has 1 aromatic carbocycles. The lowest BCUT2D eigenvalue weighted by Gasteiger charge is -2.09. The maximum atomic E-state index is 11.8. The van der Waals surface area contributed by atoms with Crippen LogP contribution >= 0.6 is 11.8 Å². The van der Waals surface area contributed by atoms with Crippen molar-refractivity contribution >= 4 is 46.2 Å². The zero-order chi connectivity index (χ0) is 21.7. The van der Waals surface area contributed by atoms with E-state index in [2.05, 4.69) is 31.1 Å². The Kier molecular flexibility index (Phi) is 6.54. The summed E-state index contributed by atoms with van der Waals surface area (Å²) in [4.78, 5) is 35.2. The molecule has 0 aliphatic heterocycles. The summed E-state index contributed by atoms with van der Waals surface area (Å²) in [6.07, 6.45) is 0. The van der Waals surface area contributed by atoms with E-state index in [1.165, 1.54) is 7.11 Å². The second-order valence-corrected chi connectivity index (χ2v) is 7.06. The minimum absolute atomic E-state index is 0.0580. The van der Waals surface area contributed by atoms with Gasteiger partial charge in [0.25, 0.3) is 0 Å². The summed E-state index contributed by atoms with van der Waals surface area (Å²) in [6.45, 7) is 3.79. The average molecular weight is 425 g/mol. The molecule has 0 aliphatic rings. The molecule has 2 N–H and O–H groups in total. The number of aryl methyl sites for hydroxylation is 1. The standard InChI is InChI=1S/C20H19N5O4S/c1-4-29-20(27)12-5-7-13(8-6-12)24-17-16-14(9-21)19(30-10-15(26)28-3)25-18(16)23-11(2)22-17/h5-8H,4,10H2,1-3H3,(H2,22,23,24,25). The van der Waals surface area contributed by atoms with Gasteiger partial charge in [-0.1, -0.05) is 11.8 Å². The summed E-state index contributed by atoms with van der Waals surface area (Å²) in [5.74, 6) is 0.212. The normalized spacial score (nSPS) is 10.5. The number of nitrogens with zero attached hydrogens (tertiary/aromatic N) is 3. The number of nitriles is 1. The van der Waals surface area contributed by atoms with Crippen molar-refractivity contribution in [3.63, 3.8) is 0 Å². The summed E-state index contributed by atoms with van der Waals surface area (Å²) >= 11 is 1.16. The van der Waals surface area contributed by atoms with Crippen molar-refractivity contribution in [1.29, 1.82) is 5.26 Å². The van der Waals surface area contributed by atoms with Crippen LogP contribution in [0.1, 0.15) is 28.7 Å². The lowest BCUT2D eigenvalue weighted by Crippen LogP contribution is -2.04. The van der Waals surface area contributed by atoms with Crippen LogP contribution in [-0.4, -0.2) is 46.4 Å². The van der Waals surface area contributed by atoms with Crippen LogP contribution in [0.3, 0.4) is 0 Å². The molecule has 2 aromatic heterocycles. The number of hydrogen-bond acceptors (Lipinski definition) is 9. The van der Waals surface area contributed by atoms with E-state index >= 15 is 0 Å². The van der Waals surface area contributed by atoms with Crippen molar-refractivity contribution < 1.29 is 19.1 Å². The Hall–Kier alpha value is -3.58. The van der Waals surface area contributed by atoms with Crippen LogP contribution in [0.15, 0.2) is 29.3 Å². The molecule has 0 saturated carbocycles. The number of ether oxygens (including phenoxy) is 2. The van der Waals surface area contributed by atoms with Gasteiger partial charge in [-0.15, -0.1) is 0 Å². The molecule has 0 unspecified atom stereocenters. The third-order valence-corrected chi connectivity index (χ3v) is 5.04. The molecule has 0 spiro atoms. The molecule has 0 aliphatic carbocycles. The minimum atomic E-state index is -0.398. The maximum absolute atomic E-state index is 11.8. The SMILES string of the molecule is CCOC(=O)c1ccc(Nc2nc(C)nc3[nH]c(SCC(=O)OC)c(C#N)c23)cc1. The number of nitrogens with one attached hydrogen (secondary N) is 2. The minimum Gasteiger partial charge on any atom is -0.468 e. The monoisotopic (exact) mass is 425 g/mol. The Bertz CT molecular complexity index is 1130. The lowest BCUT2D eigenvalue weighted by atomic mass is 10.2. The van der Waals surface area contributed by atoms with E-state index in [-0.39, 0.29) is 5.75 Å². The highest BCUT2D eigenvalue weighted by Gasteiger charge is 2.19. The first-order chi connectivity index (χ1) is 14.5. The summed E-state index contributed by atoms with van der Waals surface area (Å²) in [5, 5.41) is 13.9. The van der Waals surface area contributed by atoms with Gasteiger partial charge in [-0.25, -0.2) is 14.8 Å². The second-order valence-electron chi connectivity index (χ2n) is 6.07. The van der Waals surface area contributed by atoms with E-state index in [4.69, 9.17) is 4.74 Å². The van der Waals surface area contributed by atoms with Gasteiger partial charge in [-0.05, 0) is 38.1 Å². The number of rotatable bonds is 7. The summed E-state index contributed by atoms with van der Waals surface area (Å²) in [6, 6.07) is 8.89. The van der Waals surface area contributed by atoms with Crippen LogP contribution in [0.25, 0.3) is 11.0 Å². The number of H-pyrrole nitrogens is 1. The summed E-state index contributed by atoms with van der Waals surface area (Å²) < 4.78 is 9.64. The number of fused-ring (bicyclic) bond motifs is 1. The maximum Gasteiger partial charge on any atom is 0.338 e. The number of benzene rings is 1. The van der Waals surface area contributed by atoms with E-state index in [0.717, 1.165) is 11.8 Å². The van der Waals surface area contributed by atoms with E-state index in [1.807, 2.05) is 0 Å². The van der Waals surface area contributed by atoms with Gasteiger partial charge in [0.2, 0.25) is 0 Å². The molecule has 9 nitrogen and oxygen atoms in total. The lowest BCUT2D eigenvalue weighted by molar-refractivity contribution is -0.137. The fourth-order valence-electron chi connectivity index (χ4n) is 2.72. The molecule has 0 saturated heterocycles. The van der Waals surface area contributed by atoms with Crippen molar-refractivity contribution in [3.8, 4) is 6.07 Å². The van der Waals surface area contributed by atoms with Crippen LogP contribution in [0.4, 0.5) is 11.5 Å². The van der Waals surface area contributed by atoms with Crippen LogP contribution in [0, 0.1) is 18.3 Å². The number of carbonyl (C=O) groups is 2. The average Bonchev–Trinajstić information content (AvgIpc) is 3.10. The third kappa shape index (κ3) is 4.52. The van der Waals surface area contributed by atoms with E-state index in [9.17, 15) is 14.9 Å². The topological polar surface area (TPSA) is 130 Å². The fourth-order valence-corrected chi connectivity index (χ4v) is 3.56. The Morgan fingerprint density at radius 3 is 2.63 bits per heavy atom. The highest BCUT2D eigenvalue weighted by molar-refractivity contribution is 8.00. The molecule has 0 amide bonds. The van der Waals surface area contributed by atoms with Gasteiger partial charge in [0.15, 0.2) is 0 Å². The zero-order valence-electron chi connectivity index (χ0n) is 16.6. The Labute approximate surface area is 176 Å². The van der Waals surface area contributed by atoms with Crippen molar-refractivity contribution in [2.75, 3.05) is 24.8 Å². The highest BCUT2D eigenvalue weighted by Crippen LogP contribution is 2.33. The van der Waals surface area contributed by atoms with Gasteiger partial charge in [-0.3, -0.25) is 4.79 Å². The zero-order valence-corrected chi connectivity index (χ0v) is 17.4. The van der Waals surface area contributed by atoms with Crippen LogP contribution in [0.2, 0.25) is 0 Å². The number of thioether (sulfide) groups is 1. The predicted octanol–water partition coefficient (Wildman–Crippen LogP) is 3.32. The molecule has 154 valence electrons. The van der Waals surface area contributed by atoms with Crippen LogP contribution in [-0.2, 0) is 14.3 Å². The Morgan fingerprint density at radius 2 is 2.00 bits per heavy atom. The summed E-state index contributed by atoms with van der Waals surface area (Å²) in [5.41, 5.74) is 1.94. The largest absolute Gasteiger partial charge is 0.468 e. The molecule has 30 heavy (non-hydrogen) atoms. The summed E-state index contributed by atoms with van der Waals surface area (Å²) in [7, 11) is 1.31. The molecule has 3 aromatic rings. The molecule has 0 bridgehead atoms. The van der Waals surface area contributed by atoms with Gasteiger partial charge in [0, 0.05) is 5.69 Å². The predicted molar refractivity (Wildman–Crippen MR) is 112 cm³/mol. The van der Waals surface area contributed by atoms with Gasteiger partial charge in [0.1, 0.15) is 23.4 Å². The molecular weight excluding hydrogens is 406 g/mol. The Morgan fingerprint density at radius 1 is 1.27 bits per heavy atom. The van der Waals surface area contributed by atoms with E-state index in [1.54, 1.807) is 38.1 Å². The number of hydrogen-bond donors (Lipinski definition) is 2. The quantitative estimate of drug-likeness (QED) is 0.432. The van der Waals surface area contributed by atoms with Gasteiger partial charge in [-0.2, -0.15) is 5.26 Å². The van der Waals surface area contributed by atoms with Crippen LogP contribution in [0.5, 0.6) is 0 Å². The van der Waals surface area contributed by atoms with Crippen LogP contribution < -0.4 is 5.32 Å². The number of aromatic amines is 1. The third-order valence-electron chi connectivity index (χ3n) is 4.06. The highest BCUT2D eigenvalue weighted by atomic mass is 32.2. The van der Waals surface area contributed by atoms with Crippen molar-refractivity contribution in [2.45, 2.75) is 18.9 Å². The number of aromatic nitrogens is 3. The van der Waals surface area contributed by atoms with Crippen molar-refractivity contribution in [2.24, 2.45) is 0 Å².